The summed E-state index contributed by atoms with van der Waals surface area (Å²) < 4.78 is 5.24. The minimum Gasteiger partial charge on any atom is -0.358 e. The summed E-state index contributed by atoms with van der Waals surface area (Å²) in [6, 6.07) is -0.844. The van der Waals surface area contributed by atoms with Gasteiger partial charge >= 0.3 is 0 Å². The number of nitrogens with one attached hydrogen (secondary N) is 4. The summed E-state index contributed by atoms with van der Waals surface area (Å²) in [6.45, 7) is 3.00. The van der Waals surface area contributed by atoms with Gasteiger partial charge in [0.15, 0.2) is 5.76 Å². The van der Waals surface area contributed by atoms with Crippen LogP contribution in [0.5, 0.6) is 0 Å². The van der Waals surface area contributed by atoms with E-state index in [0.29, 0.717) is 37.2 Å². The van der Waals surface area contributed by atoms with Gasteiger partial charge in [0.25, 0.3) is 5.91 Å². The smallest absolute Gasteiger partial charge is 0.257 e. The molecular formula is C18H23N5O4. The number of aryl methyl sites for hydroxylation is 1. The number of carbonyl (C=O) groups excluding carboxylic acids is 3. The second-order valence-electron chi connectivity index (χ2n) is 6.97. The highest BCUT2D eigenvalue weighted by Gasteiger charge is 2.38. The third-order valence-electron chi connectivity index (χ3n) is 5.00. The fourth-order valence-corrected chi connectivity index (χ4v) is 3.55. The van der Waals surface area contributed by atoms with Gasteiger partial charge in [0.2, 0.25) is 11.8 Å². The molecule has 3 amide bonds. The summed E-state index contributed by atoms with van der Waals surface area (Å²) in [4.78, 5) is 38.0. The van der Waals surface area contributed by atoms with E-state index in [4.69, 9.17) is 10.9 Å². The molecule has 0 radical (unpaired) electrons. The maximum Gasteiger partial charge on any atom is 0.257 e. The van der Waals surface area contributed by atoms with Crippen LogP contribution in [0, 0.1) is 19.3 Å². The SMILES string of the molecule is C#CC[C@H]1NC(=O)CC2(CCNCC2)NC(=O)c2c(C)noc2CNC1=O. The monoisotopic (exact) mass is 373 g/mol. The van der Waals surface area contributed by atoms with Crippen molar-refractivity contribution in [2.45, 2.75) is 50.7 Å². The van der Waals surface area contributed by atoms with Gasteiger partial charge < -0.3 is 25.8 Å². The first kappa shape index (κ1) is 18.9. The maximum absolute atomic E-state index is 12.9. The number of nitrogens with zero attached hydrogens (tertiary/aromatic N) is 1. The number of hydrogen-bond donors (Lipinski definition) is 4. The van der Waals surface area contributed by atoms with Gasteiger partial charge in [0, 0.05) is 12.8 Å². The lowest BCUT2D eigenvalue weighted by Gasteiger charge is -2.38. The maximum atomic E-state index is 12.9. The first-order valence-corrected chi connectivity index (χ1v) is 8.93. The van der Waals surface area contributed by atoms with E-state index < -0.39 is 17.5 Å². The van der Waals surface area contributed by atoms with Crippen molar-refractivity contribution in [1.82, 2.24) is 26.4 Å². The quantitative estimate of drug-likeness (QED) is 0.486. The van der Waals surface area contributed by atoms with E-state index in [1.54, 1.807) is 6.92 Å². The van der Waals surface area contributed by atoms with Crippen molar-refractivity contribution in [3.05, 3.63) is 17.0 Å². The zero-order valence-corrected chi connectivity index (χ0v) is 15.2. The molecule has 0 saturated carbocycles. The first-order valence-electron chi connectivity index (χ1n) is 8.93. The van der Waals surface area contributed by atoms with Crippen molar-refractivity contribution in [3.8, 4) is 12.3 Å². The Morgan fingerprint density at radius 1 is 1.30 bits per heavy atom. The lowest BCUT2D eigenvalue weighted by molar-refractivity contribution is -0.130. The average molecular weight is 373 g/mol. The molecule has 1 aromatic rings. The molecule has 2 aliphatic heterocycles. The van der Waals surface area contributed by atoms with Crippen LogP contribution in [0.15, 0.2) is 4.52 Å². The molecule has 0 aliphatic carbocycles. The Morgan fingerprint density at radius 3 is 2.74 bits per heavy atom. The molecule has 2 aliphatic rings. The molecule has 0 unspecified atom stereocenters. The molecule has 27 heavy (non-hydrogen) atoms. The molecule has 144 valence electrons. The van der Waals surface area contributed by atoms with Crippen molar-refractivity contribution in [2.24, 2.45) is 0 Å². The van der Waals surface area contributed by atoms with E-state index in [1.165, 1.54) is 0 Å². The van der Waals surface area contributed by atoms with Crippen LogP contribution in [-0.2, 0) is 16.1 Å². The summed E-state index contributed by atoms with van der Waals surface area (Å²) in [7, 11) is 0. The number of rotatable bonds is 1. The average Bonchev–Trinajstić information content (AvgIpc) is 2.99. The Bertz CT molecular complexity index is 788. The summed E-state index contributed by atoms with van der Waals surface area (Å²) in [5, 5.41) is 15.4. The van der Waals surface area contributed by atoms with Crippen LogP contribution in [-0.4, -0.2) is 47.5 Å². The van der Waals surface area contributed by atoms with Crippen LogP contribution in [0.2, 0.25) is 0 Å². The van der Waals surface area contributed by atoms with Crippen molar-refractivity contribution >= 4 is 17.7 Å². The van der Waals surface area contributed by atoms with Gasteiger partial charge in [-0.3, -0.25) is 14.4 Å². The van der Waals surface area contributed by atoms with Crippen LogP contribution in [0.25, 0.3) is 0 Å². The molecule has 9 heteroatoms. The number of terminal acetylenes is 1. The van der Waals surface area contributed by atoms with Gasteiger partial charge in [-0.2, -0.15) is 0 Å². The Hall–Kier alpha value is -2.86. The van der Waals surface area contributed by atoms with Crippen molar-refractivity contribution < 1.29 is 18.9 Å². The third-order valence-corrected chi connectivity index (χ3v) is 5.00. The van der Waals surface area contributed by atoms with Gasteiger partial charge in [-0.15, -0.1) is 12.3 Å². The van der Waals surface area contributed by atoms with Crippen LogP contribution >= 0.6 is 0 Å². The summed E-state index contributed by atoms with van der Waals surface area (Å²) in [5.41, 5.74) is 0.0224. The molecule has 1 fully saturated rings. The number of piperidine rings is 1. The Kier molecular flexibility index (Phi) is 5.46. The zero-order chi connectivity index (χ0) is 19.4. The topological polar surface area (TPSA) is 125 Å². The van der Waals surface area contributed by atoms with E-state index in [1.807, 2.05) is 0 Å². The van der Waals surface area contributed by atoms with Gasteiger partial charge in [-0.25, -0.2) is 0 Å². The van der Waals surface area contributed by atoms with Crippen LogP contribution < -0.4 is 21.3 Å². The summed E-state index contributed by atoms with van der Waals surface area (Å²) >= 11 is 0. The molecule has 0 aromatic carbocycles. The molecule has 1 atom stereocenters. The van der Waals surface area contributed by atoms with Gasteiger partial charge in [0.1, 0.15) is 11.6 Å². The fraction of sp³-hybridized carbons (Fsp3) is 0.556. The van der Waals surface area contributed by atoms with Crippen molar-refractivity contribution in [2.75, 3.05) is 13.1 Å². The summed E-state index contributed by atoms with van der Waals surface area (Å²) in [5.74, 6) is 1.58. The molecular weight excluding hydrogens is 350 g/mol. The van der Waals surface area contributed by atoms with Gasteiger partial charge in [0.05, 0.1) is 17.8 Å². The van der Waals surface area contributed by atoms with Crippen molar-refractivity contribution in [1.29, 1.82) is 0 Å². The molecule has 1 saturated heterocycles. The lowest BCUT2D eigenvalue weighted by atomic mass is 9.84. The lowest BCUT2D eigenvalue weighted by Crippen LogP contribution is -2.58. The minimum absolute atomic E-state index is 0.0199. The predicted molar refractivity (Wildman–Crippen MR) is 95.4 cm³/mol. The number of carbonyl (C=O) groups is 3. The van der Waals surface area contributed by atoms with Gasteiger partial charge in [-0.1, -0.05) is 5.16 Å². The van der Waals surface area contributed by atoms with E-state index >= 15 is 0 Å². The fourth-order valence-electron chi connectivity index (χ4n) is 3.55. The largest absolute Gasteiger partial charge is 0.358 e. The van der Waals surface area contributed by atoms with Crippen LogP contribution in [0.3, 0.4) is 0 Å². The summed E-state index contributed by atoms with van der Waals surface area (Å²) in [6.07, 6.45) is 6.67. The molecule has 3 rings (SSSR count). The Balaban J connectivity index is 1.97. The van der Waals surface area contributed by atoms with E-state index in [0.717, 1.165) is 0 Å². The van der Waals surface area contributed by atoms with E-state index in [-0.39, 0.29) is 37.0 Å². The zero-order valence-electron chi connectivity index (χ0n) is 15.2. The normalized spacial score (nSPS) is 23.1. The standard InChI is InChI=1S/C18H23N5O4/c1-3-4-12-16(25)20-10-13-15(11(2)23-27-13)17(26)22-18(9-14(24)21-12)5-7-19-8-6-18/h1,12,19H,4-10H2,2H3,(H,20,25)(H,21,24)(H,22,26)/t12-/m1/s1. The Morgan fingerprint density at radius 2 is 2.04 bits per heavy atom. The highest BCUT2D eigenvalue weighted by atomic mass is 16.5. The van der Waals surface area contributed by atoms with Crippen LogP contribution in [0.4, 0.5) is 0 Å². The highest BCUT2D eigenvalue weighted by molar-refractivity contribution is 5.97. The van der Waals surface area contributed by atoms with Gasteiger partial charge in [-0.05, 0) is 32.9 Å². The molecule has 9 nitrogen and oxygen atoms in total. The highest BCUT2D eigenvalue weighted by Crippen LogP contribution is 2.25. The van der Waals surface area contributed by atoms with E-state index in [9.17, 15) is 14.4 Å². The molecule has 1 spiro atoms. The second-order valence-corrected chi connectivity index (χ2v) is 6.97. The number of amides is 3. The minimum atomic E-state index is -0.844. The number of aromatic nitrogens is 1. The predicted octanol–water partition coefficient (Wildman–Crippen LogP) is -0.637. The molecule has 4 N–H and O–H groups in total. The number of hydrogen-bond acceptors (Lipinski definition) is 6. The molecule has 0 bridgehead atoms. The van der Waals surface area contributed by atoms with Crippen LogP contribution in [0.1, 0.15) is 47.5 Å². The number of fused-ring (bicyclic) bond motifs is 1. The Labute approximate surface area is 157 Å². The van der Waals surface area contributed by atoms with E-state index in [2.05, 4.69) is 32.3 Å². The molecule has 3 heterocycles. The second kappa shape index (κ2) is 7.80. The first-order chi connectivity index (χ1) is 12.9. The third kappa shape index (κ3) is 4.11. The van der Waals surface area contributed by atoms with Crippen molar-refractivity contribution in [3.63, 3.8) is 0 Å². The molecule has 1 aromatic heterocycles.